The van der Waals surface area contributed by atoms with E-state index in [1.165, 1.54) is 16.9 Å². The predicted molar refractivity (Wildman–Crippen MR) is 149 cm³/mol. The molecular formula is C29H23BrF4N6O2. The second-order valence-electron chi connectivity index (χ2n) is 10.1. The number of alkyl halides is 3. The highest BCUT2D eigenvalue weighted by Crippen LogP contribution is 2.37. The zero-order valence-electron chi connectivity index (χ0n) is 21.9. The van der Waals surface area contributed by atoms with Gasteiger partial charge in [-0.2, -0.15) is 18.3 Å². The molecule has 6 rings (SSSR count). The van der Waals surface area contributed by atoms with Crippen LogP contribution in [0.4, 0.5) is 23.2 Å². The van der Waals surface area contributed by atoms with Crippen LogP contribution < -0.4 is 10.2 Å². The molecule has 8 nitrogen and oxygen atoms in total. The lowest BCUT2D eigenvalue weighted by Crippen LogP contribution is -2.57. The minimum Gasteiger partial charge on any atom is -0.339 e. The Kier molecular flexibility index (Phi) is 7.00. The van der Waals surface area contributed by atoms with Crippen molar-refractivity contribution in [3.8, 4) is 16.9 Å². The molecule has 2 aromatic carbocycles. The molecule has 13 heteroatoms. The van der Waals surface area contributed by atoms with Crippen LogP contribution in [-0.2, 0) is 11.0 Å². The molecule has 0 saturated carbocycles. The first kappa shape index (κ1) is 27.9. The molecule has 216 valence electrons. The molecule has 2 aliphatic heterocycles. The van der Waals surface area contributed by atoms with Gasteiger partial charge in [-0.25, -0.2) is 9.07 Å². The van der Waals surface area contributed by atoms with E-state index in [2.05, 4.69) is 31.3 Å². The third-order valence-corrected chi connectivity index (χ3v) is 8.27. The van der Waals surface area contributed by atoms with E-state index in [0.717, 1.165) is 22.3 Å². The van der Waals surface area contributed by atoms with Gasteiger partial charge in [0.05, 0.1) is 23.6 Å². The van der Waals surface area contributed by atoms with Crippen LogP contribution in [0.2, 0.25) is 0 Å². The first-order valence-corrected chi connectivity index (χ1v) is 13.8. The maximum Gasteiger partial charge on any atom is 0.419 e. The molecule has 4 aromatic rings. The fourth-order valence-corrected chi connectivity index (χ4v) is 5.82. The maximum atomic E-state index is 14.5. The van der Waals surface area contributed by atoms with Gasteiger partial charge in [0.25, 0.3) is 5.91 Å². The molecule has 2 saturated heterocycles. The van der Waals surface area contributed by atoms with Gasteiger partial charge >= 0.3 is 6.18 Å². The van der Waals surface area contributed by atoms with Gasteiger partial charge in [-0.15, -0.1) is 0 Å². The molecule has 2 fully saturated rings. The highest BCUT2D eigenvalue weighted by molar-refractivity contribution is 9.10. The summed E-state index contributed by atoms with van der Waals surface area (Å²) in [5.41, 5.74) is -0.365. The van der Waals surface area contributed by atoms with E-state index in [-0.39, 0.29) is 30.4 Å². The second-order valence-corrected chi connectivity index (χ2v) is 11.0. The highest BCUT2D eigenvalue weighted by Gasteiger charge is 2.51. The van der Waals surface area contributed by atoms with Crippen molar-refractivity contribution in [3.63, 3.8) is 0 Å². The van der Waals surface area contributed by atoms with Gasteiger partial charge in [-0.3, -0.25) is 14.6 Å². The number of carbonyl (C=O) groups excluding carboxylic acids is 2. The molecule has 1 N–H and O–H groups in total. The lowest BCUT2D eigenvalue weighted by molar-refractivity contribution is -0.140. The van der Waals surface area contributed by atoms with Gasteiger partial charge in [0.15, 0.2) is 5.69 Å². The number of pyridine rings is 1. The average molecular weight is 643 g/mol. The molecule has 4 heterocycles. The number of amides is 2. The van der Waals surface area contributed by atoms with Crippen LogP contribution in [0, 0.1) is 5.82 Å². The molecule has 42 heavy (non-hydrogen) atoms. The maximum absolute atomic E-state index is 14.5. The van der Waals surface area contributed by atoms with E-state index in [0.29, 0.717) is 36.8 Å². The van der Waals surface area contributed by atoms with Gasteiger partial charge in [-0.1, -0.05) is 15.9 Å². The number of hydrogen-bond donors (Lipinski definition) is 1. The number of halogens is 5. The van der Waals surface area contributed by atoms with Crippen molar-refractivity contribution < 1.29 is 27.2 Å². The SMILES string of the molecule is O=C(c1cc(-c2cccnc2)n(-c2ccc(C(F)(F)F)c(F)c2)n1)N1CCC2(CC1)C(=O)NCN2c1ccc(Br)cc1. The molecule has 2 amide bonds. The number of piperidine rings is 1. The number of aromatic nitrogens is 3. The summed E-state index contributed by atoms with van der Waals surface area (Å²) in [6.07, 6.45) is -1.01. The van der Waals surface area contributed by atoms with Gasteiger partial charge in [0, 0.05) is 47.3 Å². The van der Waals surface area contributed by atoms with Crippen LogP contribution in [0.1, 0.15) is 28.9 Å². The molecule has 0 aliphatic carbocycles. The second kappa shape index (κ2) is 10.5. The molecule has 2 aliphatic rings. The topological polar surface area (TPSA) is 83.4 Å². The molecule has 2 aromatic heterocycles. The minimum atomic E-state index is -4.85. The number of rotatable bonds is 4. The quantitative estimate of drug-likeness (QED) is 0.301. The zero-order valence-corrected chi connectivity index (χ0v) is 23.5. The summed E-state index contributed by atoms with van der Waals surface area (Å²) in [5.74, 6) is -1.95. The third-order valence-electron chi connectivity index (χ3n) is 7.74. The molecule has 0 atom stereocenters. The van der Waals surface area contributed by atoms with Crippen molar-refractivity contribution in [1.82, 2.24) is 25.0 Å². The van der Waals surface area contributed by atoms with Crippen molar-refractivity contribution in [3.05, 3.63) is 94.6 Å². The van der Waals surface area contributed by atoms with Crippen molar-refractivity contribution in [1.29, 1.82) is 0 Å². The van der Waals surface area contributed by atoms with E-state index in [9.17, 15) is 27.2 Å². The molecule has 0 bridgehead atoms. The Morgan fingerprint density at radius 2 is 1.71 bits per heavy atom. The minimum absolute atomic E-state index is 0.0174. The number of carbonyl (C=O) groups is 2. The number of benzene rings is 2. The highest BCUT2D eigenvalue weighted by atomic mass is 79.9. The molecule has 0 radical (unpaired) electrons. The fraction of sp³-hybridized carbons (Fsp3) is 0.241. The fourth-order valence-electron chi connectivity index (χ4n) is 5.56. The Balaban J connectivity index is 1.29. The third kappa shape index (κ3) is 4.91. The van der Waals surface area contributed by atoms with Gasteiger partial charge in [0.2, 0.25) is 5.91 Å². The van der Waals surface area contributed by atoms with E-state index >= 15 is 0 Å². The lowest BCUT2D eigenvalue weighted by atomic mass is 9.85. The van der Waals surface area contributed by atoms with Crippen LogP contribution in [-0.4, -0.2) is 56.8 Å². The van der Waals surface area contributed by atoms with Crippen molar-refractivity contribution in [2.75, 3.05) is 24.7 Å². The summed E-state index contributed by atoms with van der Waals surface area (Å²) >= 11 is 3.43. The zero-order chi connectivity index (χ0) is 29.6. The van der Waals surface area contributed by atoms with Crippen molar-refractivity contribution in [2.45, 2.75) is 24.6 Å². The molecule has 1 spiro atoms. The van der Waals surface area contributed by atoms with Gasteiger partial charge in [0.1, 0.15) is 11.4 Å². The lowest BCUT2D eigenvalue weighted by Gasteiger charge is -2.43. The van der Waals surface area contributed by atoms with E-state index in [1.54, 1.807) is 23.2 Å². The van der Waals surface area contributed by atoms with Crippen LogP contribution in [0.3, 0.4) is 0 Å². The number of nitrogens with zero attached hydrogens (tertiary/aromatic N) is 5. The van der Waals surface area contributed by atoms with Crippen LogP contribution in [0.5, 0.6) is 0 Å². The summed E-state index contributed by atoms with van der Waals surface area (Å²) in [5, 5.41) is 7.33. The summed E-state index contributed by atoms with van der Waals surface area (Å²) in [4.78, 5) is 34.4. The number of likely N-dealkylation sites (tertiary alicyclic amines) is 1. The number of anilines is 1. The molecule has 0 unspecified atom stereocenters. The smallest absolute Gasteiger partial charge is 0.339 e. The molecular weight excluding hydrogens is 620 g/mol. The van der Waals surface area contributed by atoms with Crippen LogP contribution in [0.25, 0.3) is 16.9 Å². The van der Waals surface area contributed by atoms with Crippen molar-refractivity contribution in [2.24, 2.45) is 0 Å². The van der Waals surface area contributed by atoms with E-state index in [1.807, 2.05) is 29.2 Å². The Morgan fingerprint density at radius 3 is 2.36 bits per heavy atom. The normalized spacial score (nSPS) is 16.6. The predicted octanol–water partition coefficient (Wildman–Crippen LogP) is 5.42. The number of hydrogen-bond acceptors (Lipinski definition) is 5. The Hall–Kier alpha value is -4.26. The Bertz CT molecular complexity index is 1650. The van der Waals surface area contributed by atoms with Crippen molar-refractivity contribution >= 4 is 33.4 Å². The average Bonchev–Trinajstić information content (AvgIpc) is 3.56. The summed E-state index contributed by atoms with van der Waals surface area (Å²) < 4.78 is 56.1. The first-order valence-electron chi connectivity index (χ1n) is 13.1. The standard InChI is InChI=1S/C29H23BrF4N6O2/c30-19-3-5-20(6-4-19)39-17-36-27(42)28(39)9-12-38(13-10-28)26(41)24-15-25(18-2-1-11-35-16-18)40(37-24)21-7-8-22(23(31)14-21)29(32,33)34/h1-8,11,14-16H,9-10,12-13,17H2,(H,36,42). The summed E-state index contributed by atoms with van der Waals surface area (Å²) in [6.45, 7) is 0.920. The van der Waals surface area contributed by atoms with Gasteiger partial charge < -0.3 is 15.1 Å². The van der Waals surface area contributed by atoms with Crippen LogP contribution >= 0.6 is 15.9 Å². The first-order chi connectivity index (χ1) is 20.1. The Labute approximate surface area is 246 Å². The van der Waals surface area contributed by atoms with E-state index < -0.39 is 29.0 Å². The summed E-state index contributed by atoms with van der Waals surface area (Å²) in [7, 11) is 0. The summed E-state index contributed by atoms with van der Waals surface area (Å²) in [6, 6.07) is 15.0. The Morgan fingerprint density at radius 1 is 1.00 bits per heavy atom. The monoisotopic (exact) mass is 642 g/mol. The van der Waals surface area contributed by atoms with Gasteiger partial charge in [-0.05, 0) is 67.4 Å². The number of nitrogens with one attached hydrogen (secondary N) is 1. The van der Waals surface area contributed by atoms with E-state index in [4.69, 9.17) is 0 Å². The largest absolute Gasteiger partial charge is 0.419 e. The van der Waals surface area contributed by atoms with Crippen LogP contribution in [0.15, 0.2) is 77.5 Å².